The van der Waals surface area contributed by atoms with Gasteiger partial charge in [0.15, 0.2) is 11.0 Å². The molecule has 8 heteroatoms. The maximum atomic E-state index is 11.3. The van der Waals surface area contributed by atoms with E-state index in [-0.39, 0.29) is 17.6 Å². The Balaban J connectivity index is 2.36. The topological polar surface area (TPSA) is 117 Å². The molecule has 0 spiro atoms. The number of aliphatic hydroxyl groups excluding tert-OH is 1. The van der Waals surface area contributed by atoms with E-state index in [0.717, 1.165) is 12.3 Å². The summed E-state index contributed by atoms with van der Waals surface area (Å²) in [6.07, 6.45) is 0.821. The van der Waals surface area contributed by atoms with Gasteiger partial charge in [0.1, 0.15) is 11.2 Å². The van der Waals surface area contributed by atoms with Crippen molar-refractivity contribution in [1.29, 1.82) is 0 Å². The molecule has 2 rings (SSSR count). The van der Waals surface area contributed by atoms with E-state index in [2.05, 4.69) is 5.32 Å². The largest absolute Gasteiger partial charge is 0.479 e. The van der Waals surface area contributed by atoms with Crippen molar-refractivity contribution in [3.63, 3.8) is 0 Å². The predicted molar refractivity (Wildman–Crippen MR) is 61.2 cm³/mol. The van der Waals surface area contributed by atoms with Gasteiger partial charge in [-0.2, -0.15) is 0 Å². The Labute approximate surface area is 105 Å². The number of thioether (sulfide) groups is 1. The molecule has 1 saturated heterocycles. The molecule has 7 nitrogen and oxygen atoms in total. The number of hydrogen-bond donors (Lipinski definition) is 3. The molecule has 0 bridgehead atoms. The van der Waals surface area contributed by atoms with Crippen LogP contribution in [0.3, 0.4) is 0 Å². The van der Waals surface area contributed by atoms with Gasteiger partial charge in [-0.05, 0) is 11.8 Å². The van der Waals surface area contributed by atoms with Gasteiger partial charge in [0.05, 0.1) is 6.26 Å². The minimum absolute atomic E-state index is 0.0757. The van der Waals surface area contributed by atoms with Gasteiger partial charge in [-0.25, -0.2) is 4.79 Å². The van der Waals surface area contributed by atoms with E-state index in [0.29, 0.717) is 11.8 Å². The summed E-state index contributed by atoms with van der Waals surface area (Å²) in [5, 5.41) is 20.4. The SMILES string of the molecule is O=C1NC(Cc2cc(=O)cco2)(C(=O)O)C(O)S1. The van der Waals surface area contributed by atoms with Gasteiger partial charge in [-0.1, -0.05) is 0 Å². The van der Waals surface area contributed by atoms with Gasteiger partial charge in [0.2, 0.25) is 0 Å². The van der Waals surface area contributed by atoms with Crippen LogP contribution in [0.4, 0.5) is 4.79 Å². The van der Waals surface area contributed by atoms with E-state index < -0.39 is 22.2 Å². The van der Waals surface area contributed by atoms with E-state index in [1.807, 2.05) is 0 Å². The molecule has 2 unspecified atom stereocenters. The number of aliphatic hydroxyl groups is 1. The second kappa shape index (κ2) is 4.46. The first-order valence-electron chi connectivity index (χ1n) is 4.92. The molecule has 1 aromatic rings. The minimum atomic E-state index is -1.88. The number of carboxylic acid groups (broad SMARTS) is 1. The molecule has 2 heterocycles. The zero-order valence-corrected chi connectivity index (χ0v) is 9.77. The van der Waals surface area contributed by atoms with Gasteiger partial charge in [0.25, 0.3) is 5.24 Å². The maximum absolute atomic E-state index is 11.3. The van der Waals surface area contributed by atoms with Crippen molar-refractivity contribution in [3.8, 4) is 0 Å². The molecule has 1 fully saturated rings. The van der Waals surface area contributed by atoms with Crippen molar-refractivity contribution in [1.82, 2.24) is 5.32 Å². The lowest BCUT2D eigenvalue weighted by Gasteiger charge is -2.25. The highest BCUT2D eigenvalue weighted by Crippen LogP contribution is 2.32. The van der Waals surface area contributed by atoms with Gasteiger partial charge >= 0.3 is 5.97 Å². The first-order chi connectivity index (χ1) is 8.44. The first-order valence-corrected chi connectivity index (χ1v) is 5.80. The van der Waals surface area contributed by atoms with Crippen LogP contribution in [0.5, 0.6) is 0 Å². The molecule has 1 aliphatic heterocycles. The molecule has 0 radical (unpaired) electrons. The summed E-state index contributed by atoms with van der Waals surface area (Å²) in [4.78, 5) is 33.5. The number of aliphatic carboxylic acids is 1. The Morgan fingerprint density at radius 1 is 1.56 bits per heavy atom. The summed E-state index contributed by atoms with van der Waals surface area (Å²) in [6.45, 7) is 0. The Hall–Kier alpha value is -1.80. The fourth-order valence-corrected chi connectivity index (χ4v) is 2.53. The van der Waals surface area contributed by atoms with Crippen LogP contribution >= 0.6 is 11.8 Å². The Morgan fingerprint density at radius 2 is 2.28 bits per heavy atom. The second-order valence-corrected chi connectivity index (χ2v) is 4.82. The Kier molecular flexibility index (Phi) is 3.14. The van der Waals surface area contributed by atoms with Crippen LogP contribution in [0.1, 0.15) is 5.76 Å². The van der Waals surface area contributed by atoms with Crippen LogP contribution in [0, 0.1) is 0 Å². The Bertz CT molecular complexity index is 555. The third kappa shape index (κ3) is 2.12. The zero-order chi connectivity index (χ0) is 13.3. The lowest BCUT2D eigenvalue weighted by molar-refractivity contribution is -0.146. The monoisotopic (exact) mass is 271 g/mol. The summed E-state index contributed by atoms with van der Waals surface area (Å²) in [6, 6.07) is 2.29. The Morgan fingerprint density at radius 3 is 2.78 bits per heavy atom. The van der Waals surface area contributed by atoms with Crippen molar-refractivity contribution in [2.45, 2.75) is 17.4 Å². The minimum Gasteiger partial charge on any atom is -0.479 e. The smallest absolute Gasteiger partial charge is 0.333 e. The van der Waals surface area contributed by atoms with Crippen molar-refractivity contribution in [3.05, 3.63) is 34.4 Å². The second-order valence-electron chi connectivity index (χ2n) is 3.77. The maximum Gasteiger partial charge on any atom is 0.333 e. The molecule has 0 aliphatic carbocycles. The van der Waals surface area contributed by atoms with Crippen molar-refractivity contribution in [2.24, 2.45) is 0 Å². The standard InChI is InChI=1S/C10H9NO6S/c12-5-1-2-17-6(3-5)4-10(7(13)14)8(15)18-9(16)11-10/h1-3,8,15H,4H2,(H,11,16)(H,13,14). The van der Waals surface area contributed by atoms with E-state index in [9.17, 15) is 24.6 Å². The van der Waals surface area contributed by atoms with E-state index in [1.165, 1.54) is 6.07 Å². The molecule has 96 valence electrons. The molecule has 3 N–H and O–H groups in total. The van der Waals surface area contributed by atoms with Gasteiger partial charge in [0, 0.05) is 18.6 Å². The molecular formula is C10H9NO6S. The number of carbonyl (C=O) groups is 2. The summed E-state index contributed by atoms with van der Waals surface area (Å²) < 4.78 is 4.99. The number of rotatable bonds is 3. The van der Waals surface area contributed by atoms with Gasteiger partial charge < -0.3 is 19.9 Å². The lowest BCUT2D eigenvalue weighted by Crippen LogP contribution is -2.56. The summed E-state index contributed by atoms with van der Waals surface area (Å²) >= 11 is 0.484. The lowest BCUT2D eigenvalue weighted by atomic mass is 9.94. The fraction of sp³-hybridized carbons (Fsp3) is 0.300. The van der Waals surface area contributed by atoms with Crippen LogP contribution in [0.25, 0.3) is 0 Å². The van der Waals surface area contributed by atoms with Crippen LogP contribution in [0.15, 0.2) is 27.6 Å². The first kappa shape index (κ1) is 12.7. The highest BCUT2D eigenvalue weighted by Gasteiger charge is 2.53. The molecule has 2 atom stereocenters. The van der Waals surface area contributed by atoms with E-state index in [4.69, 9.17) is 4.42 Å². The molecule has 18 heavy (non-hydrogen) atoms. The predicted octanol–water partition coefficient (Wildman–Crippen LogP) is -0.220. The number of carboxylic acids is 1. The van der Waals surface area contributed by atoms with Crippen LogP contribution < -0.4 is 10.7 Å². The number of carbonyl (C=O) groups excluding carboxylic acids is 1. The molecule has 0 saturated carbocycles. The molecule has 1 amide bonds. The van der Waals surface area contributed by atoms with Gasteiger partial charge in [-0.3, -0.25) is 9.59 Å². The van der Waals surface area contributed by atoms with Crippen molar-refractivity contribution in [2.75, 3.05) is 0 Å². The van der Waals surface area contributed by atoms with Crippen molar-refractivity contribution < 1.29 is 24.2 Å². The summed E-state index contributed by atoms with van der Waals surface area (Å²) in [5.41, 5.74) is -3.67. The van der Waals surface area contributed by atoms with Gasteiger partial charge in [-0.15, -0.1) is 0 Å². The van der Waals surface area contributed by atoms with E-state index >= 15 is 0 Å². The summed E-state index contributed by atoms with van der Waals surface area (Å²) in [5.74, 6) is -1.31. The average Bonchev–Trinajstić information content (AvgIpc) is 2.54. The third-order valence-electron chi connectivity index (χ3n) is 2.56. The molecule has 1 aliphatic rings. The quantitative estimate of drug-likeness (QED) is 0.695. The van der Waals surface area contributed by atoms with Crippen molar-refractivity contribution >= 4 is 23.0 Å². The average molecular weight is 271 g/mol. The third-order valence-corrected chi connectivity index (χ3v) is 3.50. The normalized spacial score (nSPS) is 26.9. The number of amides is 1. The fourth-order valence-electron chi connectivity index (χ4n) is 1.64. The van der Waals surface area contributed by atoms with Crippen LogP contribution in [0.2, 0.25) is 0 Å². The molecular weight excluding hydrogens is 262 g/mol. The van der Waals surface area contributed by atoms with Crippen LogP contribution in [-0.4, -0.2) is 32.4 Å². The molecule has 0 aromatic carbocycles. The van der Waals surface area contributed by atoms with Crippen LogP contribution in [-0.2, 0) is 11.2 Å². The highest BCUT2D eigenvalue weighted by molar-refractivity contribution is 8.14. The summed E-state index contributed by atoms with van der Waals surface area (Å²) in [7, 11) is 0. The molecule has 1 aromatic heterocycles. The highest BCUT2D eigenvalue weighted by atomic mass is 32.2. The number of hydrogen-bond acceptors (Lipinski definition) is 6. The zero-order valence-electron chi connectivity index (χ0n) is 8.95. The van der Waals surface area contributed by atoms with E-state index in [1.54, 1.807) is 0 Å². The number of nitrogens with one attached hydrogen (secondary N) is 1.